The Balaban J connectivity index is 2.17. The minimum absolute atomic E-state index is 0.0485. The monoisotopic (exact) mass is 287 g/mol. The number of nitrogen functional groups attached to an aromatic ring is 1. The van der Waals surface area contributed by atoms with Crippen molar-refractivity contribution < 1.29 is 4.79 Å². The topological polar surface area (TPSA) is 72.4 Å². The number of piperidine rings is 1. The first-order chi connectivity index (χ1) is 8.49. The van der Waals surface area contributed by atoms with Crippen molar-refractivity contribution in [3.8, 4) is 0 Å². The Bertz CT molecular complexity index is 447. The fourth-order valence-corrected chi connectivity index (χ4v) is 3.02. The van der Waals surface area contributed by atoms with Gasteiger partial charge in [-0.2, -0.15) is 0 Å². The fourth-order valence-electron chi connectivity index (χ4n) is 2.27. The third kappa shape index (κ3) is 2.65. The van der Waals surface area contributed by atoms with Crippen molar-refractivity contribution in [2.24, 2.45) is 11.7 Å². The number of anilines is 2. The molecule has 0 aromatic heterocycles. The first-order valence-corrected chi connectivity index (χ1v) is 6.53. The van der Waals surface area contributed by atoms with Crippen LogP contribution in [0, 0.1) is 5.92 Å². The number of hydrogen-bond acceptors (Lipinski definition) is 3. The van der Waals surface area contributed by atoms with Crippen LogP contribution in [0.2, 0.25) is 10.0 Å². The molecule has 0 spiro atoms. The summed E-state index contributed by atoms with van der Waals surface area (Å²) in [6.07, 6.45) is 1.46. The number of nitrogens with two attached hydrogens (primary N) is 2. The van der Waals surface area contributed by atoms with E-state index in [2.05, 4.69) is 4.90 Å². The van der Waals surface area contributed by atoms with Crippen molar-refractivity contribution in [1.29, 1.82) is 0 Å². The summed E-state index contributed by atoms with van der Waals surface area (Å²) in [6.45, 7) is 1.44. The number of primary amides is 1. The Labute approximate surface area is 116 Å². The zero-order chi connectivity index (χ0) is 13.3. The van der Waals surface area contributed by atoms with Gasteiger partial charge in [0.15, 0.2) is 0 Å². The second-order valence-electron chi connectivity index (χ2n) is 4.50. The molecule has 1 fully saturated rings. The van der Waals surface area contributed by atoms with Gasteiger partial charge in [-0.25, -0.2) is 0 Å². The van der Waals surface area contributed by atoms with E-state index in [0.29, 0.717) is 15.7 Å². The van der Waals surface area contributed by atoms with E-state index < -0.39 is 0 Å². The van der Waals surface area contributed by atoms with Gasteiger partial charge in [0.05, 0.1) is 15.7 Å². The zero-order valence-corrected chi connectivity index (χ0v) is 11.3. The van der Waals surface area contributed by atoms with Crippen molar-refractivity contribution in [3.05, 3.63) is 22.2 Å². The predicted octanol–water partition coefficient (Wildman–Crippen LogP) is 2.28. The van der Waals surface area contributed by atoms with Gasteiger partial charge in [-0.3, -0.25) is 4.79 Å². The predicted molar refractivity (Wildman–Crippen MR) is 75.0 cm³/mol. The maximum atomic E-state index is 11.1. The summed E-state index contributed by atoms with van der Waals surface area (Å²) in [5.74, 6) is -0.281. The first kappa shape index (κ1) is 13.3. The van der Waals surface area contributed by atoms with E-state index in [1.54, 1.807) is 12.1 Å². The van der Waals surface area contributed by atoms with Crippen molar-refractivity contribution in [3.63, 3.8) is 0 Å². The van der Waals surface area contributed by atoms with Gasteiger partial charge in [0.2, 0.25) is 5.91 Å². The number of halogens is 2. The molecule has 0 aliphatic carbocycles. The van der Waals surface area contributed by atoms with E-state index in [-0.39, 0.29) is 11.8 Å². The van der Waals surface area contributed by atoms with Gasteiger partial charge in [0.25, 0.3) is 0 Å². The molecular formula is C12H15Cl2N3O. The SMILES string of the molecule is NC(=O)C1CCN(c2c(Cl)cc(N)cc2Cl)CC1. The lowest BCUT2D eigenvalue weighted by Crippen LogP contribution is -2.38. The smallest absolute Gasteiger partial charge is 0.220 e. The molecule has 2 rings (SSSR count). The highest BCUT2D eigenvalue weighted by molar-refractivity contribution is 6.39. The molecule has 1 aromatic rings. The Morgan fingerprint density at radius 2 is 1.72 bits per heavy atom. The lowest BCUT2D eigenvalue weighted by Gasteiger charge is -2.33. The molecule has 1 aliphatic heterocycles. The highest BCUT2D eigenvalue weighted by Crippen LogP contribution is 2.37. The van der Waals surface area contributed by atoms with Gasteiger partial charge in [-0.1, -0.05) is 23.2 Å². The summed E-state index contributed by atoms with van der Waals surface area (Å²) in [4.78, 5) is 13.2. The molecule has 6 heteroatoms. The summed E-state index contributed by atoms with van der Waals surface area (Å²) in [5, 5.41) is 1.08. The standard InChI is InChI=1S/C12H15Cl2N3O/c13-9-5-8(15)6-10(14)11(9)17-3-1-7(2-4-17)12(16)18/h5-7H,1-4,15H2,(H2,16,18). The van der Waals surface area contributed by atoms with E-state index in [9.17, 15) is 4.79 Å². The van der Waals surface area contributed by atoms with Crippen LogP contribution in [0.15, 0.2) is 12.1 Å². The Hall–Kier alpha value is -1.13. The van der Waals surface area contributed by atoms with Crippen molar-refractivity contribution in [2.45, 2.75) is 12.8 Å². The maximum Gasteiger partial charge on any atom is 0.220 e. The van der Waals surface area contributed by atoms with E-state index in [0.717, 1.165) is 31.6 Å². The van der Waals surface area contributed by atoms with E-state index in [4.69, 9.17) is 34.7 Å². The molecule has 0 saturated carbocycles. The van der Waals surface area contributed by atoms with Gasteiger partial charge in [-0.05, 0) is 25.0 Å². The number of nitrogens with zero attached hydrogens (tertiary/aromatic N) is 1. The summed E-state index contributed by atoms with van der Waals surface area (Å²) in [5.41, 5.74) is 12.3. The van der Waals surface area contributed by atoms with Crippen LogP contribution in [0.1, 0.15) is 12.8 Å². The summed E-state index contributed by atoms with van der Waals surface area (Å²) in [7, 11) is 0. The first-order valence-electron chi connectivity index (χ1n) is 5.78. The highest BCUT2D eigenvalue weighted by atomic mass is 35.5. The molecule has 0 bridgehead atoms. The summed E-state index contributed by atoms with van der Waals surface area (Å²) >= 11 is 12.3. The molecule has 1 heterocycles. The van der Waals surface area contributed by atoms with Gasteiger partial charge in [0.1, 0.15) is 0 Å². The lowest BCUT2D eigenvalue weighted by atomic mass is 9.96. The molecule has 1 aliphatic rings. The number of benzene rings is 1. The molecule has 0 radical (unpaired) electrons. The van der Waals surface area contributed by atoms with Gasteiger partial charge in [0, 0.05) is 24.7 Å². The minimum Gasteiger partial charge on any atom is -0.399 e. The Morgan fingerprint density at radius 1 is 1.22 bits per heavy atom. The quantitative estimate of drug-likeness (QED) is 0.820. The van der Waals surface area contributed by atoms with Crippen LogP contribution in [0.25, 0.3) is 0 Å². The van der Waals surface area contributed by atoms with Crippen LogP contribution in [0.3, 0.4) is 0 Å². The normalized spacial score (nSPS) is 16.9. The maximum absolute atomic E-state index is 11.1. The van der Waals surface area contributed by atoms with Gasteiger partial charge < -0.3 is 16.4 Å². The van der Waals surface area contributed by atoms with E-state index in [1.807, 2.05) is 0 Å². The van der Waals surface area contributed by atoms with Gasteiger partial charge >= 0.3 is 0 Å². The van der Waals surface area contributed by atoms with E-state index >= 15 is 0 Å². The highest BCUT2D eigenvalue weighted by Gasteiger charge is 2.25. The average Bonchev–Trinajstić information content (AvgIpc) is 2.28. The summed E-state index contributed by atoms with van der Waals surface area (Å²) in [6, 6.07) is 3.37. The Kier molecular flexibility index (Phi) is 3.88. The number of rotatable bonds is 2. The molecule has 4 N–H and O–H groups in total. The van der Waals surface area contributed by atoms with Crippen molar-refractivity contribution >= 4 is 40.5 Å². The van der Waals surface area contributed by atoms with Crippen molar-refractivity contribution in [2.75, 3.05) is 23.7 Å². The molecular weight excluding hydrogens is 273 g/mol. The largest absolute Gasteiger partial charge is 0.399 e. The van der Waals surface area contributed by atoms with Crippen molar-refractivity contribution in [1.82, 2.24) is 0 Å². The van der Waals surface area contributed by atoms with Crippen LogP contribution in [0.5, 0.6) is 0 Å². The molecule has 0 atom stereocenters. The van der Waals surface area contributed by atoms with Crippen LogP contribution >= 0.6 is 23.2 Å². The number of amides is 1. The molecule has 18 heavy (non-hydrogen) atoms. The van der Waals surface area contributed by atoms with E-state index in [1.165, 1.54) is 0 Å². The molecule has 1 amide bonds. The second-order valence-corrected chi connectivity index (χ2v) is 5.31. The van der Waals surface area contributed by atoms with Crippen LogP contribution in [-0.4, -0.2) is 19.0 Å². The summed E-state index contributed by atoms with van der Waals surface area (Å²) < 4.78 is 0. The molecule has 98 valence electrons. The number of carbonyl (C=O) groups is 1. The Morgan fingerprint density at radius 3 is 2.17 bits per heavy atom. The molecule has 1 saturated heterocycles. The third-order valence-electron chi connectivity index (χ3n) is 3.25. The van der Waals surface area contributed by atoms with Crippen LogP contribution in [0.4, 0.5) is 11.4 Å². The van der Waals surface area contributed by atoms with Crippen LogP contribution < -0.4 is 16.4 Å². The third-order valence-corrected chi connectivity index (χ3v) is 3.83. The molecule has 1 aromatic carbocycles. The molecule has 4 nitrogen and oxygen atoms in total. The number of carbonyl (C=O) groups excluding carboxylic acids is 1. The van der Waals surface area contributed by atoms with Crippen LogP contribution in [-0.2, 0) is 4.79 Å². The minimum atomic E-state index is -0.232. The lowest BCUT2D eigenvalue weighted by molar-refractivity contribution is -0.122. The fraction of sp³-hybridized carbons (Fsp3) is 0.417. The average molecular weight is 288 g/mol. The second kappa shape index (κ2) is 5.24. The molecule has 0 unspecified atom stereocenters. The zero-order valence-electron chi connectivity index (χ0n) is 9.83. The number of hydrogen-bond donors (Lipinski definition) is 2. The van der Waals surface area contributed by atoms with Gasteiger partial charge in [-0.15, -0.1) is 0 Å².